The molecule has 5 nitrogen and oxygen atoms in total. The summed E-state index contributed by atoms with van der Waals surface area (Å²) in [5.41, 5.74) is -1.79. The summed E-state index contributed by atoms with van der Waals surface area (Å²) in [4.78, 5) is 29.3. The van der Waals surface area contributed by atoms with Crippen molar-refractivity contribution < 1.29 is 40.7 Å². The first-order valence-corrected chi connectivity index (χ1v) is 10.0. The van der Waals surface area contributed by atoms with Crippen molar-refractivity contribution in [1.29, 1.82) is 0 Å². The van der Waals surface area contributed by atoms with Gasteiger partial charge in [-0.25, -0.2) is 9.78 Å². The van der Waals surface area contributed by atoms with Gasteiger partial charge in [0.15, 0.2) is 5.13 Å². The van der Waals surface area contributed by atoms with E-state index in [0.29, 0.717) is 0 Å². The molecule has 0 aliphatic heterocycles. The average Bonchev–Trinajstić information content (AvgIpc) is 3.19. The number of anilines is 2. The topological polar surface area (TPSA) is 59.5 Å². The van der Waals surface area contributed by atoms with E-state index in [0.717, 1.165) is 65.6 Å². The van der Waals surface area contributed by atoms with Gasteiger partial charge in [0.2, 0.25) is 5.91 Å². The van der Waals surface area contributed by atoms with Crippen LogP contribution in [0.1, 0.15) is 34.1 Å². The smallest absolute Gasteiger partial charge is 0.416 e. The fourth-order valence-electron chi connectivity index (χ4n) is 2.73. The van der Waals surface area contributed by atoms with Gasteiger partial charge < -0.3 is 4.74 Å². The number of carbonyl (C=O) groups is 2. The van der Waals surface area contributed by atoms with E-state index < -0.39 is 35.4 Å². The molecule has 0 aliphatic rings. The summed E-state index contributed by atoms with van der Waals surface area (Å²) >= 11 is 0.943. The molecule has 174 valence electrons. The standard InChI is InChI=1S/C21H14F6N2O3S/c1-12(30)29(17-4-2-3-15(9-17)21(25,26)27)19-28-16(11-33-19)10-32-18(31)13-5-7-14(8-6-13)20(22,23)24/h2-9,11H,10H2,1H3. The molecule has 0 saturated carbocycles. The van der Waals surface area contributed by atoms with Crippen molar-refractivity contribution in [2.24, 2.45) is 0 Å². The van der Waals surface area contributed by atoms with E-state index in [9.17, 15) is 35.9 Å². The van der Waals surface area contributed by atoms with Crippen LogP contribution in [0.5, 0.6) is 0 Å². The summed E-state index contributed by atoms with van der Waals surface area (Å²) in [6.07, 6.45) is -9.14. The van der Waals surface area contributed by atoms with E-state index >= 15 is 0 Å². The van der Waals surface area contributed by atoms with Gasteiger partial charge in [-0.2, -0.15) is 26.3 Å². The molecule has 1 amide bonds. The highest BCUT2D eigenvalue weighted by Crippen LogP contribution is 2.35. The summed E-state index contributed by atoms with van der Waals surface area (Å²) in [5, 5.41) is 1.50. The third kappa shape index (κ3) is 5.89. The van der Waals surface area contributed by atoms with Gasteiger partial charge in [0.05, 0.1) is 28.1 Å². The zero-order chi connectivity index (χ0) is 24.4. The van der Waals surface area contributed by atoms with Crippen LogP contribution in [0.4, 0.5) is 37.2 Å². The quantitative estimate of drug-likeness (QED) is 0.316. The summed E-state index contributed by atoms with van der Waals surface area (Å²) < 4.78 is 81.9. The second kappa shape index (κ2) is 9.22. The Morgan fingerprint density at radius 1 is 0.970 bits per heavy atom. The number of hydrogen-bond donors (Lipinski definition) is 0. The van der Waals surface area contributed by atoms with E-state index in [2.05, 4.69) is 4.98 Å². The van der Waals surface area contributed by atoms with Gasteiger partial charge in [-0.1, -0.05) is 6.07 Å². The lowest BCUT2D eigenvalue weighted by Gasteiger charge is -2.19. The summed E-state index contributed by atoms with van der Waals surface area (Å²) in [5.74, 6) is -1.48. The lowest BCUT2D eigenvalue weighted by Crippen LogP contribution is -2.23. The van der Waals surface area contributed by atoms with E-state index in [1.807, 2.05) is 0 Å². The Balaban J connectivity index is 1.73. The highest BCUT2D eigenvalue weighted by Gasteiger charge is 2.32. The minimum absolute atomic E-state index is 0.0417. The van der Waals surface area contributed by atoms with Crippen LogP contribution in [-0.4, -0.2) is 16.9 Å². The van der Waals surface area contributed by atoms with Crippen molar-refractivity contribution >= 4 is 34.0 Å². The molecule has 33 heavy (non-hydrogen) atoms. The summed E-state index contributed by atoms with van der Waals surface area (Å²) in [7, 11) is 0. The van der Waals surface area contributed by atoms with Gasteiger partial charge in [0.25, 0.3) is 0 Å². The normalized spacial score (nSPS) is 11.8. The van der Waals surface area contributed by atoms with Crippen molar-refractivity contribution in [1.82, 2.24) is 4.98 Å². The SMILES string of the molecule is CC(=O)N(c1cccc(C(F)(F)F)c1)c1nc(COC(=O)c2ccc(C(F)(F)F)cc2)cs1. The number of aromatic nitrogens is 1. The van der Waals surface area contributed by atoms with Gasteiger partial charge >= 0.3 is 18.3 Å². The number of nitrogens with zero attached hydrogens (tertiary/aromatic N) is 2. The van der Waals surface area contributed by atoms with Gasteiger partial charge in [0.1, 0.15) is 6.61 Å². The predicted octanol–water partition coefficient (Wildman–Crippen LogP) is 6.22. The number of esters is 1. The van der Waals surface area contributed by atoms with Crippen molar-refractivity contribution in [2.45, 2.75) is 25.9 Å². The molecule has 0 unspecified atom stereocenters. The molecule has 0 fully saturated rings. The van der Waals surface area contributed by atoms with Crippen LogP contribution in [-0.2, 0) is 28.5 Å². The number of amides is 1. The average molecular weight is 488 g/mol. The molecular weight excluding hydrogens is 474 g/mol. The molecule has 0 radical (unpaired) electrons. The fourth-order valence-corrected chi connectivity index (χ4v) is 3.60. The lowest BCUT2D eigenvalue weighted by molar-refractivity contribution is -0.138. The van der Waals surface area contributed by atoms with Crippen LogP contribution in [0.3, 0.4) is 0 Å². The molecule has 3 rings (SSSR count). The molecule has 0 atom stereocenters. The summed E-state index contributed by atoms with van der Waals surface area (Å²) in [6, 6.07) is 7.61. The van der Waals surface area contributed by atoms with Crippen LogP contribution >= 0.6 is 11.3 Å². The third-order valence-electron chi connectivity index (χ3n) is 4.28. The third-order valence-corrected chi connectivity index (χ3v) is 5.15. The number of thiazole rings is 1. The Bertz CT molecular complexity index is 1160. The van der Waals surface area contributed by atoms with Crippen molar-refractivity contribution in [3.05, 3.63) is 76.3 Å². The van der Waals surface area contributed by atoms with E-state index in [1.54, 1.807) is 0 Å². The minimum Gasteiger partial charge on any atom is -0.456 e. The maximum atomic E-state index is 13.0. The molecular formula is C21H14F6N2O3S. The maximum Gasteiger partial charge on any atom is 0.416 e. The predicted molar refractivity (Wildman–Crippen MR) is 107 cm³/mol. The first-order chi connectivity index (χ1) is 15.4. The van der Waals surface area contributed by atoms with Gasteiger partial charge in [-0.05, 0) is 42.5 Å². The van der Waals surface area contributed by atoms with Gasteiger partial charge in [-0.15, -0.1) is 11.3 Å². The van der Waals surface area contributed by atoms with Crippen LogP contribution in [0, 0.1) is 0 Å². The first kappa shape index (κ1) is 24.2. The number of carbonyl (C=O) groups excluding carboxylic acids is 2. The van der Waals surface area contributed by atoms with E-state index in [4.69, 9.17) is 4.74 Å². The number of hydrogen-bond acceptors (Lipinski definition) is 5. The lowest BCUT2D eigenvalue weighted by atomic mass is 10.1. The molecule has 1 aromatic heterocycles. The highest BCUT2D eigenvalue weighted by molar-refractivity contribution is 7.14. The molecule has 2 aromatic carbocycles. The monoisotopic (exact) mass is 488 g/mol. The Kier molecular flexibility index (Phi) is 6.77. The number of ether oxygens (including phenoxy) is 1. The van der Waals surface area contributed by atoms with E-state index in [-0.39, 0.29) is 28.7 Å². The zero-order valence-electron chi connectivity index (χ0n) is 16.7. The van der Waals surface area contributed by atoms with Gasteiger partial charge in [0, 0.05) is 12.3 Å². The number of benzene rings is 2. The van der Waals surface area contributed by atoms with Crippen molar-refractivity contribution in [3.8, 4) is 0 Å². The molecule has 0 spiro atoms. The van der Waals surface area contributed by atoms with Crippen LogP contribution in [0.15, 0.2) is 53.9 Å². The minimum atomic E-state index is -4.60. The molecule has 1 heterocycles. The molecule has 0 aliphatic carbocycles. The Labute approximate surface area is 187 Å². The van der Waals surface area contributed by atoms with E-state index in [1.165, 1.54) is 11.4 Å². The Morgan fingerprint density at radius 3 is 2.18 bits per heavy atom. The second-order valence-corrected chi connectivity index (χ2v) is 7.51. The second-order valence-electron chi connectivity index (χ2n) is 6.68. The summed E-state index contributed by atoms with van der Waals surface area (Å²) in [6.45, 7) is 0.802. The zero-order valence-corrected chi connectivity index (χ0v) is 17.5. The van der Waals surface area contributed by atoms with Gasteiger partial charge in [-0.3, -0.25) is 9.69 Å². The van der Waals surface area contributed by atoms with Crippen LogP contribution in [0.2, 0.25) is 0 Å². The first-order valence-electron chi connectivity index (χ1n) is 9.13. The van der Waals surface area contributed by atoms with Crippen molar-refractivity contribution in [3.63, 3.8) is 0 Å². The largest absolute Gasteiger partial charge is 0.456 e. The Morgan fingerprint density at radius 2 is 1.61 bits per heavy atom. The number of halogens is 6. The van der Waals surface area contributed by atoms with Crippen LogP contribution < -0.4 is 4.90 Å². The molecule has 0 bridgehead atoms. The number of alkyl halides is 6. The molecule has 12 heteroatoms. The number of rotatable bonds is 5. The fraction of sp³-hybridized carbons (Fsp3) is 0.190. The molecule has 3 aromatic rings. The molecule has 0 N–H and O–H groups in total. The molecule has 0 saturated heterocycles. The Hall–Kier alpha value is -3.41. The highest BCUT2D eigenvalue weighted by atomic mass is 32.1. The maximum absolute atomic E-state index is 13.0. The van der Waals surface area contributed by atoms with Crippen LogP contribution in [0.25, 0.3) is 0 Å². The van der Waals surface area contributed by atoms with Crippen molar-refractivity contribution in [2.75, 3.05) is 4.90 Å².